The van der Waals surface area contributed by atoms with Crippen molar-refractivity contribution in [2.45, 2.75) is 0 Å². The number of hydrogen-bond donors (Lipinski definition) is 2. The number of nitrogens with one attached hydrogen (secondary N) is 1. The number of phenolic OH excluding ortho intramolecular Hbond substituents is 1. The standard InChI is InChI=1S/C16H13NO4/c1-20-13-4-2-3-10-9-14(21-15(10)13)16(19)17-11-5-7-12(18)8-6-11/h2-9,18H,1H3,(H,17,19). The fourth-order valence-corrected chi connectivity index (χ4v) is 2.05. The Bertz CT molecular complexity index is 790. The lowest BCUT2D eigenvalue weighted by Crippen LogP contribution is -2.10. The number of carbonyl (C=O) groups excluding carboxylic acids is 1. The molecule has 5 heteroatoms. The van der Waals surface area contributed by atoms with Gasteiger partial charge in [-0.25, -0.2) is 0 Å². The molecule has 0 bridgehead atoms. The van der Waals surface area contributed by atoms with E-state index in [0.29, 0.717) is 17.0 Å². The Morgan fingerprint density at radius 1 is 1.19 bits per heavy atom. The Morgan fingerprint density at radius 2 is 1.95 bits per heavy atom. The van der Waals surface area contributed by atoms with Crippen LogP contribution in [0, 0.1) is 0 Å². The van der Waals surface area contributed by atoms with Crippen LogP contribution in [0.1, 0.15) is 10.6 Å². The van der Waals surface area contributed by atoms with Gasteiger partial charge in [-0.2, -0.15) is 0 Å². The van der Waals surface area contributed by atoms with Gasteiger partial charge in [-0.3, -0.25) is 4.79 Å². The van der Waals surface area contributed by atoms with Gasteiger partial charge in [-0.15, -0.1) is 0 Å². The molecule has 0 radical (unpaired) electrons. The summed E-state index contributed by atoms with van der Waals surface area (Å²) in [5.41, 5.74) is 1.11. The highest BCUT2D eigenvalue weighted by Crippen LogP contribution is 2.28. The number of aromatic hydroxyl groups is 1. The van der Waals surface area contributed by atoms with Gasteiger partial charge in [0.25, 0.3) is 5.91 Å². The van der Waals surface area contributed by atoms with E-state index in [1.54, 1.807) is 31.4 Å². The van der Waals surface area contributed by atoms with Crippen LogP contribution in [0.4, 0.5) is 5.69 Å². The smallest absolute Gasteiger partial charge is 0.291 e. The molecule has 1 amide bonds. The van der Waals surface area contributed by atoms with Crippen molar-refractivity contribution >= 4 is 22.6 Å². The predicted molar refractivity (Wildman–Crippen MR) is 78.8 cm³/mol. The van der Waals surface area contributed by atoms with Crippen molar-refractivity contribution < 1.29 is 19.1 Å². The van der Waals surface area contributed by atoms with Gasteiger partial charge in [-0.05, 0) is 36.4 Å². The highest BCUT2D eigenvalue weighted by atomic mass is 16.5. The molecule has 0 saturated heterocycles. The lowest BCUT2D eigenvalue weighted by Gasteiger charge is -2.02. The molecule has 0 saturated carbocycles. The van der Waals surface area contributed by atoms with Crippen LogP contribution in [0.2, 0.25) is 0 Å². The number of furan rings is 1. The Labute approximate surface area is 120 Å². The van der Waals surface area contributed by atoms with Gasteiger partial charge in [0.05, 0.1) is 7.11 Å². The molecule has 0 aliphatic heterocycles. The molecular weight excluding hydrogens is 270 g/mol. The van der Waals surface area contributed by atoms with E-state index in [2.05, 4.69) is 5.32 Å². The van der Waals surface area contributed by atoms with Crippen LogP contribution < -0.4 is 10.1 Å². The molecule has 2 N–H and O–H groups in total. The van der Waals surface area contributed by atoms with Crippen molar-refractivity contribution in [2.75, 3.05) is 12.4 Å². The van der Waals surface area contributed by atoms with Gasteiger partial charge in [0.2, 0.25) is 0 Å². The summed E-state index contributed by atoms with van der Waals surface area (Å²) in [7, 11) is 1.55. The topological polar surface area (TPSA) is 71.7 Å². The number of phenols is 1. The molecule has 1 aromatic heterocycles. The summed E-state index contributed by atoms with van der Waals surface area (Å²) in [5, 5.41) is 12.7. The Kier molecular flexibility index (Phi) is 3.23. The Hall–Kier alpha value is -2.95. The third-order valence-corrected chi connectivity index (χ3v) is 3.08. The van der Waals surface area contributed by atoms with Crippen LogP contribution in [-0.2, 0) is 0 Å². The van der Waals surface area contributed by atoms with Gasteiger partial charge in [-0.1, -0.05) is 12.1 Å². The van der Waals surface area contributed by atoms with Crippen molar-refractivity contribution in [1.82, 2.24) is 0 Å². The third-order valence-electron chi connectivity index (χ3n) is 3.08. The van der Waals surface area contributed by atoms with Gasteiger partial charge in [0.15, 0.2) is 17.1 Å². The number of ether oxygens (including phenoxy) is 1. The number of hydrogen-bond acceptors (Lipinski definition) is 4. The van der Waals surface area contributed by atoms with Crippen LogP contribution in [0.25, 0.3) is 11.0 Å². The first-order valence-electron chi connectivity index (χ1n) is 6.34. The van der Waals surface area contributed by atoms with Crippen LogP contribution in [0.15, 0.2) is 52.9 Å². The molecule has 2 aromatic carbocycles. The van der Waals surface area contributed by atoms with E-state index >= 15 is 0 Å². The summed E-state index contributed by atoms with van der Waals surface area (Å²) in [4.78, 5) is 12.2. The molecule has 0 aliphatic carbocycles. The molecule has 0 aliphatic rings. The normalized spacial score (nSPS) is 10.5. The summed E-state index contributed by atoms with van der Waals surface area (Å²) in [5.74, 6) is 0.555. The first kappa shape index (κ1) is 13.1. The van der Waals surface area contributed by atoms with Crippen molar-refractivity contribution in [3.63, 3.8) is 0 Å². The van der Waals surface area contributed by atoms with Crippen LogP contribution >= 0.6 is 0 Å². The molecule has 5 nitrogen and oxygen atoms in total. The molecule has 3 aromatic rings. The van der Waals surface area contributed by atoms with E-state index < -0.39 is 0 Å². The molecule has 0 spiro atoms. The zero-order valence-electron chi connectivity index (χ0n) is 11.3. The second kappa shape index (κ2) is 5.20. The molecular formula is C16H13NO4. The maximum atomic E-state index is 12.2. The largest absolute Gasteiger partial charge is 0.508 e. The molecule has 21 heavy (non-hydrogen) atoms. The Morgan fingerprint density at radius 3 is 2.67 bits per heavy atom. The summed E-state index contributed by atoms with van der Waals surface area (Å²) >= 11 is 0. The van der Waals surface area contributed by atoms with Crippen LogP contribution in [-0.4, -0.2) is 18.1 Å². The highest BCUT2D eigenvalue weighted by molar-refractivity contribution is 6.05. The first-order chi connectivity index (χ1) is 10.2. The number of carbonyl (C=O) groups is 1. The third kappa shape index (κ3) is 2.53. The first-order valence-corrected chi connectivity index (χ1v) is 6.34. The monoisotopic (exact) mass is 283 g/mol. The molecule has 0 atom stereocenters. The maximum absolute atomic E-state index is 12.2. The van der Waals surface area contributed by atoms with E-state index in [1.807, 2.05) is 12.1 Å². The average Bonchev–Trinajstić information content (AvgIpc) is 2.93. The minimum absolute atomic E-state index is 0.140. The molecule has 0 unspecified atom stereocenters. The fourth-order valence-electron chi connectivity index (χ4n) is 2.05. The van der Waals surface area contributed by atoms with Gasteiger partial charge in [0, 0.05) is 11.1 Å². The van der Waals surface area contributed by atoms with E-state index in [4.69, 9.17) is 9.15 Å². The van der Waals surface area contributed by atoms with Gasteiger partial charge < -0.3 is 19.6 Å². The minimum atomic E-state index is -0.362. The number of anilines is 1. The van der Waals surface area contributed by atoms with Crippen molar-refractivity contribution in [3.8, 4) is 11.5 Å². The molecule has 0 fully saturated rings. The van der Waals surface area contributed by atoms with Gasteiger partial charge in [0.1, 0.15) is 5.75 Å². The lowest BCUT2D eigenvalue weighted by atomic mass is 10.2. The second-order valence-corrected chi connectivity index (χ2v) is 4.49. The maximum Gasteiger partial charge on any atom is 0.291 e. The van der Waals surface area contributed by atoms with E-state index in [0.717, 1.165) is 5.39 Å². The summed E-state index contributed by atoms with van der Waals surface area (Å²) < 4.78 is 10.8. The number of benzene rings is 2. The number of para-hydroxylation sites is 1. The van der Waals surface area contributed by atoms with Crippen LogP contribution in [0.3, 0.4) is 0 Å². The zero-order valence-corrected chi connectivity index (χ0v) is 11.3. The quantitative estimate of drug-likeness (QED) is 0.723. The number of amides is 1. The average molecular weight is 283 g/mol. The number of rotatable bonds is 3. The number of methoxy groups -OCH3 is 1. The summed E-state index contributed by atoms with van der Waals surface area (Å²) in [6, 6.07) is 13.3. The molecule has 3 rings (SSSR count). The van der Waals surface area contributed by atoms with Crippen molar-refractivity contribution in [1.29, 1.82) is 0 Å². The molecule has 1 heterocycles. The Balaban J connectivity index is 1.89. The summed E-state index contributed by atoms with van der Waals surface area (Å²) in [6.45, 7) is 0. The number of fused-ring (bicyclic) bond motifs is 1. The zero-order chi connectivity index (χ0) is 14.8. The van der Waals surface area contributed by atoms with Gasteiger partial charge >= 0.3 is 0 Å². The highest BCUT2D eigenvalue weighted by Gasteiger charge is 2.14. The lowest BCUT2D eigenvalue weighted by molar-refractivity contribution is 0.0998. The van der Waals surface area contributed by atoms with Crippen molar-refractivity contribution in [3.05, 3.63) is 54.3 Å². The fraction of sp³-hybridized carbons (Fsp3) is 0.0625. The van der Waals surface area contributed by atoms with E-state index in [9.17, 15) is 9.90 Å². The van der Waals surface area contributed by atoms with E-state index in [-0.39, 0.29) is 17.4 Å². The predicted octanol–water partition coefficient (Wildman–Crippen LogP) is 3.40. The second-order valence-electron chi connectivity index (χ2n) is 4.49. The minimum Gasteiger partial charge on any atom is -0.508 e. The SMILES string of the molecule is COc1cccc2cc(C(=O)Nc3ccc(O)cc3)oc12. The van der Waals surface area contributed by atoms with E-state index in [1.165, 1.54) is 12.1 Å². The van der Waals surface area contributed by atoms with Crippen LogP contribution in [0.5, 0.6) is 11.5 Å². The molecule has 106 valence electrons. The van der Waals surface area contributed by atoms with Crippen molar-refractivity contribution in [2.24, 2.45) is 0 Å². The summed E-state index contributed by atoms with van der Waals surface area (Å²) in [6.07, 6.45) is 0.